The molecule has 0 aromatic heterocycles. The summed E-state index contributed by atoms with van der Waals surface area (Å²) >= 11 is 5.26. The monoisotopic (exact) mass is 382 g/mol. The fourth-order valence-corrected chi connectivity index (χ4v) is 3.40. The molecular weight excluding hydrogens is 360 g/mol. The van der Waals surface area contributed by atoms with E-state index in [0.717, 1.165) is 16.8 Å². The van der Waals surface area contributed by atoms with Gasteiger partial charge in [-0.15, -0.1) is 0 Å². The molecule has 1 aliphatic heterocycles. The zero-order valence-electron chi connectivity index (χ0n) is 15.5. The van der Waals surface area contributed by atoms with E-state index in [4.69, 9.17) is 21.7 Å². The van der Waals surface area contributed by atoms with Crippen LogP contribution in [0.25, 0.3) is 0 Å². The first-order chi connectivity index (χ1) is 13.0. The first kappa shape index (κ1) is 18.9. The van der Waals surface area contributed by atoms with Gasteiger partial charge in [-0.2, -0.15) is 0 Å². The van der Waals surface area contributed by atoms with Gasteiger partial charge in [0.1, 0.15) is 6.61 Å². The number of rotatable bonds is 6. The molecule has 27 heavy (non-hydrogen) atoms. The molecule has 0 saturated heterocycles. The number of benzene rings is 2. The molecule has 0 spiro atoms. The third-order valence-corrected chi connectivity index (χ3v) is 4.63. The molecule has 5 nitrogen and oxygen atoms in total. The Morgan fingerprint density at radius 1 is 1.15 bits per heavy atom. The first-order valence-corrected chi connectivity index (χ1v) is 9.04. The molecule has 2 aromatic rings. The fourth-order valence-electron chi connectivity index (χ4n) is 3.13. The molecule has 3 rings (SSSR count). The molecule has 6 heteroatoms. The van der Waals surface area contributed by atoms with Gasteiger partial charge in [0.2, 0.25) is 0 Å². The Bertz CT molecular complexity index is 894. The number of hydrogen-bond acceptors (Lipinski definition) is 4. The number of methoxy groups -OCH3 is 1. The zero-order valence-corrected chi connectivity index (χ0v) is 16.4. The standard InChI is InChI=1S/C21H22N2O3S/c1-13-19(14(2)24)20(23-21(27)22-13)16-9-10-17(18(11-16)25-3)26-12-15-7-5-4-6-8-15/h4-11,20H,12H2,1-3H3,(H2,22,23,27)/t20-/m0/s1. The minimum absolute atomic E-state index is 0.0108. The summed E-state index contributed by atoms with van der Waals surface area (Å²) in [5.74, 6) is 1.24. The number of carbonyl (C=O) groups is 1. The summed E-state index contributed by atoms with van der Waals surface area (Å²) in [5, 5.41) is 6.67. The van der Waals surface area contributed by atoms with Crippen LogP contribution in [0.15, 0.2) is 59.8 Å². The smallest absolute Gasteiger partial charge is 0.171 e. The lowest BCUT2D eigenvalue weighted by Gasteiger charge is -2.30. The van der Waals surface area contributed by atoms with Gasteiger partial charge >= 0.3 is 0 Å². The van der Waals surface area contributed by atoms with Crippen molar-refractivity contribution in [1.82, 2.24) is 10.6 Å². The number of allylic oxidation sites excluding steroid dienone is 1. The van der Waals surface area contributed by atoms with Crippen LogP contribution < -0.4 is 20.1 Å². The lowest BCUT2D eigenvalue weighted by molar-refractivity contribution is -0.114. The average molecular weight is 382 g/mol. The molecule has 1 atom stereocenters. The maximum absolute atomic E-state index is 12.1. The van der Waals surface area contributed by atoms with E-state index < -0.39 is 0 Å². The Morgan fingerprint density at radius 2 is 1.89 bits per heavy atom. The molecule has 1 aliphatic rings. The molecule has 0 saturated carbocycles. The number of Topliss-reactive ketones (excluding diaryl/α,β-unsaturated/α-hetero) is 1. The second-order valence-electron chi connectivity index (χ2n) is 6.31. The second kappa shape index (κ2) is 8.22. The van der Waals surface area contributed by atoms with Crippen LogP contribution in [0.4, 0.5) is 0 Å². The molecule has 1 heterocycles. The SMILES string of the molecule is COc1cc([C@@H]2NC(=S)NC(C)=C2C(C)=O)ccc1OCc1ccccc1. The minimum Gasteiger partial charge on any atom is -0.493 e. The molecule has 0 bridgehead atoms. The lowest BCUT2D eigenvalue weighted by Crippen LogP contribution is -2.44. The Kier molecular flexibility index (Phi) is 5.76. The lowest BCUT2D eigenvalue weighted by atomic mass is 9.93. The van der Waals surface area contributed by atoms with Gasteiger partial charge in [0.25, 0.3) is 0 Å². The highest BCUT2D eigenvalue weighted by molar-refractivity contribution is 7.80. The summed E-state index contributed by atoms with van der Waals surface area (Å²) < 4.78 is 11.4. The maximum atomic E-state index is 12.1. The number of carbonyl (C=O) groups excluding carboxylic acids is 1. The predicted molar refractivity (Wildman–Crippen MR) is 109 cm³/mol. The summed E-state index contributed by atoms with van der Waals surface area (Å²) in [5.41, 5.74) is 3.38. The van der Waals surface area contributed by atoms with Crippen LogP contribution in [0, 0.1) is 0 Å². The topological polar surface area (TPSA) is 59.6 Å². The van der Waals surface area contributed by atoms with Crippen molar-refractivity contribution in [3.8, 4) is 11.5 Å². The number of nitrogens with one attached hydrogen (secondary N) is 2. The van der Waals surface area contributed by atoms with Crippen LogP contribution in [-0.4, -0.2) is 18.0 Å². The Hall–Kier alpha value is -2.86. The van der Waals surface area contributed by atoms with Gasteiger partial charge in [-0.05, 0) is 49.3 Å². The number of ketones is 1. The number of thiocarbonyl (C=S) groups is 1. The van der Waals surface area contributed by atoms with E-state index in [1.54, 1.807) is 14.0 Å². The second-order valence-corrected chi connectivity index (χ2v) is 6.72. The first-order valence-electron chi connectivity index (χ1n) is 8.63. The van der Waals surface area contributed by atoms with E-state index >= 15 is 0 Å². The highest BCUT2D eigenvalue weighted by Crippen LogP contribution is 2.34. The highest BCUT2D eigenvalue weighted by atomic mass is 32.1. The Labute approximate surface area is 164 Å². The average Bonchev–Trinajstić information content (AvgIpc) is 2.66. The molecule has 2 N–H and O–H groups in total. The largest absolute Gasteiger partial charge is 0.493 e. The molecule has 0 radical (unpaired) electrons. The third-order valence-electron chi connectivity index (χ3n) is 4.41. The van der Waals surface area contributed by atoms with Gasteiger partial charge in [-0.1, -0.05) is 36.4 Å². The van der Waals surface area contributed by atoms with Crippen molar-refractivity contribution >= 4 is 23.1 Å². The molecule has 0 fully saturated rings. The van der Waals surface area contributed by atoms with Crippen molar-refractivity contribution in [1.29, 1.82) is 0 Å². The van der Waals surface area contributed by atoms with Crippen LogP contribution in [0.1, 0.15) is 31.0 Å². The molecule has 140 valence electrons. The van der Waals surface area contributed by atoms with Gasteiger partial charge in [0, 0.05) is 11.3 Å². The highest BCUT2D eigenvalue weighted by Gasteiger charge is 2.28. The summed E-state index contributed by atoms with van der Waals surface area (Å²) in [7, 11) is 1.60. The summed E-state index contributed by atoms with van der Waals surface area (Å²) in [6.07, 6.45) is 0. The molecule has 2 aromatic carbocycles. The van der Waals surface area contributed by atoms with E-state index in [2.05, 4.69) is 10.6 Å². The van der Waals surface area contributed by atoms with Gasteiger partial charge in [0.15, 0.2) is 22.4 Å². The zero-order chi connectivity index (χ0) is 19.4. The molecule has 0 unspecified atom stereocenters. The number of hydrogen-bond donors (Lipinski definition) is 2. The molecular formula is C21H22N2O3S. The van der Waals surface area contributed by atoms with Crippen LogP contribution in [0.2, 0.25) is 0 Å². The van der Waals surface area contributed by atoms with Gasteiger partial charge in [0.05, 0.1) is 13.2 Å². The van der Waals surface area contributed by atoms with Gasteiger partial charge < -0.3 is 20.1 Å². The normalized spacial score (nSPS) is 16.4. The Balaban J connectivity index is 1.88. The van der Waals surface area contributed by atoms with E-state index in [1.165, 1.54) is 0 Å². The predicted octanol–water partition coefficient (Wildman–Crippen LogP) is 3.66. The van der Waals surface area contributed by atoms with Crippen molar-refractivity contribution in [3.63, 3.8) is 0 Å². The molecule has 0 aliphatic carbocycles. The summed E-state index contributed by atoms with van der Waals surface area (Å²) in [6.45, 7) is 3.85. The van der Waals surface area contributed by atoms with Crippen molar-refractivity contribution in [3.05, 3.63) is 70.9 Å². The fraction of sp³-hybridized carbons (Fsp3) is 0.238. The van der Waals surface area contributed by atoms with Crippen molar-refractivity contribution < 1.29 is 14.3 Å². The Morgan fingerprint density at radius 3 is 2.56 bits per heavy atom. The summed E-state index contributed by atoms with van der Waals surface area (Å²) in [4.78, 5) is 12.1. The van der Waals surface area contributed by atoms with Gasteiger partial charge in [-0.25, -0.2) is 0 Å². The van der Waals surface area contributed by atoms with Crippen molar-refractivity contribution in [2.45, 2.75) is 26.5 Å². The van der Waals surface area contributed by atoms with E-state index in [9.17, 15) is 4.79 Å². The van der Waals surface area contributed by atoms with Crippen LogP contribution in [0.3, 0.4) is 0 Å². The summed E-state index contributed by atoms with van der Waals surface area (Å²) in [6, 6.07) is 15.3. The van der Waals surface area contributed by atoms with Crippen molar-refractivity contribution in [2.24, 2.45) is 0 Å². The maximum Gasteiger partial charge on any atom is 0.171 e. The van der Waals surface area contributed by atoms with E-state index in [-0.39, 0.29) is 11.8 Å². The minimum atomic E-state index is -0.326. The quantitative estimate of drug-likeness (QED) is 0.744. The van der Waals surface area contributed by atoms with Crippen molar-refractivity contribution in [2.75, 3.05) is 7.11 Å². The van der Waals surface area contributed by atoms with Crippen LogP contribution in [-0.2, 0) is 11.4 Å². The van der Waals surface area contributed by atoms with E-state index in [1.807, 2.05) is 55.5 Å². The van der Waals surface area contributed by atoms with Crippen LogP contribution >= 0.6 is 12.2 Å². The van der Waals surface area contributed by atoms with Crippen LogP contribution in [0.5, 0.6) is 11.5 Å². The molecule has 0 amide bonds. The number of ether oxygens (including phenoxy) is 2. The van der Waals surface area contributed by atoms with E-state index in [0.29, 0.717) is 28.8 Å². The van der Waals surface area contributed by atoms with Gasteiger partial charge in [-0.3, -0.25) is 4.79 Å². The third kappa shape index (κ3) is 4.28.